The van der Waals surface area contributed by atoms with Gasteiger partial charge >= 0.3 is 0 Å². The van der Waals surface area contributed by atoms with E-state index in [4.69, 9.17) is 0 Å². The van der Waals surface area contributed by atoms with Gasteiger partial charge in [0, 0.05) is 28.3 Å². The van der Waals surface area contributed by atoms with Gasteiger partial charge in [-0.2, -0.15) is 0 Å². The summed E-state index contributed by atoms with van der Waals surface area (Å²) in [6, 6.07) is 36.2. The number of hydrogen-bond donors (Lipinski definition) is 2. The van der Waals surface area contributed by atoms with Crippen molar-refractivity contribution in [1.82, 2.24) is 0 Å². The second-order valence-electron chi connectivity index (χ2n) is 9.66. The summed E-state index contributed by atoms with van der Waals surface area (Å²) in [7, 11) is 0. The molecule has 0 bridgehead atoms. The fourth-order valence-electron chi connectivity index (χ4n) is 4.50. The molecule has 202 valence electrons. The lowest BCUT2D eigenvalue weighted by Crippen LogP contribution is -1.98. The zero-order valence-corrected chi connectivity index (χ0v) is 23.7. The summed E-state index contributed by atoms with van der Waals surface area (Å²) >= 11 is 0. The van der Waals surface area contributed by atoms with Gasteiger partial charge in [0.25, 0.3) is 0 Å². The SMILES string of the molecule is C/C=C(\C=C/Cc1ccc(Nc2ccccc2C/C=C\C/C=C\CC)cc1)Nc1ccccc1-c1ccccc1. The molecule has 0 aliphatic heterocycles. The van der Waals surface area contributed by atoms with Crippen molar-refractivity contribution in [3.63, 3.8) is 0 Å². The van der Waals surface area contributed by atoms with Gasteiger partial charge in [-0.1, -0.05) is 122 Å². The molecule has 4 rings (SSSR count). The largest absolute Gasteiger partial charge is 0.355 e. The molecule has 2 N–H and O–H groups in total. The number of rotatable bonds is 13. The number of nitrogens with one attached hydrogen (secondary N) is 2. The molecule has 0 saturated carbocycles. The average molecular weight is 525 g/mol. The van der Waals surface area contributed by atoms with E-state index in [2.05, 4.69) is 164 Å². The molecule has 0 atom stereocenters. The van der Waals surface area contributed by atoms with Crippen LogP contribution in [0, 0.1) is 0 Å². The Morgan fingerprint density at radius 1 is 0.650 bits per heavy atom. The van der Waals surface area contributed by atoms with Crippen LogP contribution in [0.15, 0.2) is 151 Å². The standard InChI is InChI=1S/C38H40N2/c1-3-5-6-7-8-10-21-33-22-13-15-25-37(33)40-35-29-27-31(28-30-35)18-17-23-34(4-2)39-38-26-16-14-24-36(38)32-19-11-9-12-20-32/h4-6,8-17,19-20,22-30,39-40H,3,7,18,21H2,1-2H3/b6-5-,10-8-,23-17-,34-4+. The summed E-state index contributed by atoms with van der Waals surface area (Å²) < 4.78 is 0. The van der Waals surface area contributed by atoms with Crippen molar-refractivity contribution in [2.75, 3.05) is 10.6 Å². The molecule has 0 aliphatic rings. The van der Waals surface area contributed by atoms with Gasteiger partial charge in [-0.05, 0) is 79.6 Å². The van der Waals surface area contributed by atoms with Crippen LogP contribution in [0.25, 0.3) is 11.1 Å². The van der Waals surface area contributed by atoms with Crippen molar-refractivity contribution < 1.29 is 0 Å². The lowest BCUT2D eigenvalue weighted by atomic mass is 10.0. The minimum atomic E-state index is 0.869. The average Bonchev–Trinajstić information content (AvgIpc) is 3.00. The Bertz CT molecular complexity index is 1440. The molecule has 2 nitrogen and oxygen atoms in total. The third kappa shape index (κ3) is 8.74. The first-order valence-corrected chi connectivity index (χ1v) is 14.2. The van der Waals surface area contributed by atoms with Crippen LogP contribution in [0.2, 0.25) is 0 Å². The molecule has 0 heterocycles. The van der Waals surface area contributed by atoms with E-state index < -0.39 is 0 Å². The Morgan fingerprint density at radius 2 is 1.35 bits per heavy atom. The second-order valence-corrected chi connectivity index (χ2v) is 9.66. The van der Waals surface area contributed by atoms with Gasteiger partial charge in [0.2, 0.25) is 0 Å². The maximum atomic E-state index is 3.61. The van der Waals surface area contributed by atoms with Crippen molar-refractivity contribution in [2.45, 2.75) is 39.5 Å². The van der Waals surface area contributed by atoms with Crippen LogP contribution in [-0.4, -0.2) is 0 Å². The molecule has 4 aromatic rings. The monoisotopic (exact) mass is 524 g/mol. The maximum absolute atomic E-state index is 3.61. The first-order chi connectivity index (χ1) is 19.8. The summed E-state index contributed by atoms with van der Waals surface area (Å²) in [6.45, 7) is 4.23. The van der Waals surface area contributed by atoms with Crippen molar-refractivity contribution in [2.24, 2.45) is 0 Å². The Kier molecular flexibility index (Phi) is 11.2. The summed E-state index contributed by atoms with van der Waals surface area (Å²) in [6.07, 6.45) is 19.3. The number of allylic oxidation sites excluding steroid dienone is 7. The summed E-state index contributed by atoms with van der Waals surface area (Å²) in [5, 5.41) is 7.21. The molecule has 0 radical (unpaired) electrons. The van der Waals surface area contributed by atoms with Gasteiger partial charge in [-0.15, -0.1) is 0 Å². The van der Waals surface area contributed by atoms with E-state index in [-0.39, 0.29) is 0 Å². The molecule has 0 saturated heterocycles. The van der Waals surface area contributed by atoms with Gasteiger partial charge in [0.15, 0.2) is 0 Å². The smallest absolute Gasteiger partial charge is 0.0463 e. The van der Waals surface area contributed by atoms with E-state index in [1.807, 2.05) is 6.07 Å². The van der Waals surface area contributed by atoms with E-state index in [1.54, 1.807) is 0 Å². The van der Waals surface area contributed by atoms with Gasteiger partial charge in [-0.3, -0.25) is 0 Å². The fraction of sp³-hybridized carbons (Fsp3) is 0.158. The van der Waals surface area contributed by atoms with E-state index in [1.165, 1.54) is 22.3 Å². The third-order valence-corrected chi connectivity index (χ3v) is 6.68. The van der Waals surface area contributed by atoms with Crippen LogP contribution < -0.4 is 10.6 Å². The van der Waals surface area contributed by atoms with E-state index >= 15 is 0 Å². The highest BCUT2D eigenvalue weighted by Crippen LogP contribution is 2.29. The van der Waals surface area contributed by atoms with Gasteiger partial charge in [-0.25, -0.2) is 0 Å². The summed E-state index contributed by atoms with van der Waals surface area (Å²) in [4.78, 5) is 0. The first kappa shape index (κ1) is 28.4. The minimum absolute atomic E-state index is 0.869. The highest BCUT2D eigenvalue weighted by molar-refractivity contribution is 5.79. The van der Waals surface area contributed by atoms with Crippen LogP contribution in [0.3, 0.4) is 0 Å². The lowest BCUT2D eigenvalue weighted by molar-refractivity contribution is 1.19. The normalized spacial score (nSPS) is 12.0. The highest BCUT2D eigenvalue weighted by atomic mass is 14.9. The van der Waals surface area contributed by atoms with Crippen LogP contribution in [0.1, 0.15) is 37.8 Å². The summed E-state index contributed by atoms with van der Waals surface area (Å²) in [5.41, 5.74) is 9.41. The Morgan fingerprint density at radius 3 is 2.12 bits per heavy atom. The minimum Gasteiger partial charge on any atom is -0.355 e. The molecule has 40 heavy (non-hydrogen) atoms. The molecular formula is C38H40N2. The molecule has 0 aromatic heterocycles. The predicted molar refractivity (Wildman–Crippen MR) is 175 cm³/mol. The zero-order chi connectivity index (χ0) is 27.8. The van der Waals surface area contributed by atoms with E-state index in [0.29, 0.717) is 0 Å². The number of benzene rings is 4. The Hall–Kier alpha value is -4.56. The fourth-order valence-corrected chi connectivity index (χ4v) is 4.50. The molecule has 4 aromatic carbocycles. The van der Waals surface area contributed by atoms with Gasteiger partial charge in [0.05, 0.1) is 0 Å². The Labute approximate surface area is 240 Å². The molecule has 2 heteroatoms. The molecule has 0 amide bonds. The number of anilines is 3. The Balaban J connectivity index is 1.33. The topological polar surface area (TPSA) is 24.1 Å². The molecule has 0 fully saturated rings. The van der Waals surface area contributed by atoms with Crippen molar-refractivity contribution in [1.29, 1.82) is 0 Å². The van der Waals surface area contributed by atoms with Crippen molar-refractivity contribution in [3.8, 4) is 11.1 Å². The summed E-state index contributed by atoms with van der Waals surface area (Å²) in [5.74, 6) is 0. The predicted octanol–water partition coefficient (Wildman–Crippen LogP) is 10.7. The maximum Gasteiger partial charge on any atom is 0.0463 e. The first-order valence-electron chi connectivity index (χ1n) is 14.2. The van der Waals surface area contributed by atoms with Crippen molar-refractivity contribution in [3.05, 3.63) is 162 Å². The van der Waals surface area contributed by atoms with Gasteiger partial charge in [0.1, 0.15) is 0 Å². The molecule has 0 aliphatic carbocycles. The third-order valence-electron chi connectivity index (χ3n) is 6.68. The van der Waals surface area contributed by atoms with E-state index in [9.17, 15) is 0 Å². The van der Waals surface area contributed by atoms with Crippen LogP contribution in [0.4, 0.5) is 17.1 Å². The zero-order valence-electron chi connectivity index (χ0n) is 23.7. The van der Waals surface area contributed by atoms with E-state index in [0.717, 1.165) is 48.4 Å². The van der Waals surface area contributed by atoms with Gasteiger partial charge < -0.3 is 10.6 Å². The molecule has 0 spiro atoms. The van der Waals surface area contributed by atoms with Crippen molar-refractivity contribution >= 4 is 17.1 Å². The second kappa shape index (κ2) is 15.8. The number of hydrogen-bond acceptors (Lipinski definition) is 2. The number of para-hydroxylation sites is 2. The van der Waals surface area contributed by atoms with Crippen LogP contribution in [-0.2, 0) is 12.8 Å². The van der Waals surface area contributed by atoms with Crippen LogP contribution >= 0.6 is 0 Å². The molecular weight excluding hydrogens is 484 g/mol. The quantitative estimate of drug-likeness (QED) is 0.134. The molecule has 0 unspecified atom stereocenters. The lowest BCUT2D eigenvalue weighted by Gasteiger charge is -2.13. The van der Waals surface area contributed by atoms with Crippen LogP contribution in [0.5, 0.6) is 0 Å². The highest BCUT2D eigenvalue weighted by Gasteiger charge is 2.05.